The lowest BCUT2D eigenvalue weighted by Gasteiger charge is -2.09. The van der Waals surface area contributed by atoms with Crippen molar-refractivity contribution < 1.29 is 9.21 Å². The summed E-state index contributed by atoms with van der Waals surface area (Å²) in [7, 11) is 0. The lowest BCUT2D eigenvalue weighted by atomic mass is 10.0. The van der Waals surface area contributed by atoms with E-state index in [-0.39, 0.29) is 11.7 Å². The molecule has 4 aromatic heterocycles. The summed E-state index contributed by atoms with van der Waals surface area (Å²) in [6.45, 7) is 0. The van der Waals surface area contributed by atoms with Crippen LogP contribution >= 0.6 is 0 Å². The Kier molecular flexibility index (Phi) is 6.84. The van der Waals surface area contributed by atoms with Crippen molar-refractivity contribution in [2.45, 2.75) is 0 Å². The molecule has 6 heteroatoms. The predicted molar refractivity (Wildman–Crippen MR) is 197 cm³/mol. The van der Waals surface area contributed by atoms with Crippen LogP contribution in [-0.4, -0.2) is 25.4 Å². The van der Waals surface area contributed by atoms with Gasteiger partial charge in [-0.25, -0.2) is 9.97 Å². The van der Waals surface area contributed by atoms with Crippen LogP contribution in [0.2, 0.25) is 0 Å². The van der Waals surface area contributed by atoms with Gasteiger partial charge in [-0.1, -0.05) is 91.0 Å². The Bertz CT molecular complexity index is 2590. The molecule has 8 bridgehead atoms. The Morgan fingerprint density at radius 3 is 1.69 bits per heavy atom. The highest BCUT2D eigenvalue weighted by Crippen LogP contribution is 2.37. The average Bonchev–Trinajstić information content (AvgIpc) is 4.00. The summed E-state index contributed by atoms with van der Waals surface area (Å²) < 4.78 is 7.35. The number of nitrogens with zero attached hydrogens (tertiary/aromatic N) is 3. The molecule has 7 aromatic rings. The quantitative estimate of drug-likeness (QED) is 0.209. The van der Waals surface area contributed by atoms with Crippen LogP contribution in [0.3, 0.4) is 0 Å². The molecule has 3 aromatic carbocycles. The second-order valence-electron chi connectivity index (χ2n) is 11.9. The van der Waals surface area contributed by atoms with E-state index in [1.165, 1.54) is 6.26 Å². The van der Waals surface area contributed by atoms with Crippen molar-refractivity contribution in [3.8, 4) is 33.4 Å². The van der Waals surface area contributed by atoms with E-state index in [0.717, 1.165) is 67.2 Å². The van der Waals surface area contributed by atoms with Gasteiger partial charge in [0.1, 0.15) is 0 Å². The number of aromatic amines is 1. The van der Waals surface area contributed by atoms with E-state index in [9.17, 15) is 4.79 Å². The number of fused-ring (bicyclic) bond motifs is 8. The first-order valence-corrected chi connectivity index (χ1v) is 16.1. The molecule has 0 amide bonds. The van der Waals surface area contributed by atoms with Crippen molar-refractivity contribution in [1.82, 2.24) is 19.5 Å². The molecule has 0 aliphatic carbocycles. The van der Waals surface area contributed by atoms with Crippen LogP contribution < -0.4 is 0 Å². The average molecular weight is 633 g/mol. The Balaban J connectivity index is 1.48. The van der Waals surface area contributed by atoms with Gasteiger partial charge < -0.3 is 9.40 Å². The molecule has 0 saturated carbocycles. The normalized spacial score (nSPS) is 12.0. The van der Waals surface area contributed by atoms with Crippen molar-refractivity contribution in [3.05, 3.63) is 168 Å². The summed E-state index contributed by atoms with van der Waals surface area (Å²) in [5, 5.41) is 0. The Morgan fingerprint density at radius 1 is 0.551 bits per heavy atom. The van der Waals surface area contributed by atoms with E-state index in [0.29, 0.717) is 11.0 Å². The fraction of sp³-hybridized carbons (Fsp3) is 0. The molecule has 232 valence electrons. The van der Waals surface area contributed by atoms with Crippen molar-refractivity contribution in [2.24, 2.45) is 0 Å². The van der Waals surface area contributed by atoms with Gasteiger partial charge in [0, 0.05) is 27.7 Å². The molecule has 2 aliphatic rings. The molecule has 1 N–H and O–H groups in total. The molecule has 0 atom stereocenters. The maximum atomic E-state index is 14.3. The fourth-order valence-electron chi connectivity index (χ4n) is 6.70. The van der Waals surface area contributed by atoms with Crippen LogP contribution in [0.15, 0.2) is 144 Å². The molecule has 6 heterocycles. The van der Waals surface area contributed by atoms with Crippen LogP contribution in [0, 0.1) is 0 Å². The monoisotopic (exact) mass is 632 g/mol. The largest absolute Gasteiger partial charge is 0.459 e. The van der Waals surface area contributed by atoms with E-state index in [1.807, 2.05) is 103 Å². The molecule has 0 saturated heterocycles. The van der Waals surface area contributed by atoms with E-state index in [2.05, 4.69) is 47.5 Å². The van der Waals surface area contributed by atoms with Crippen molar-refractivity contribution >= 4 is 52.3 Å². The van der Waals surface area contributed by atoms with E-state index >= 15 is 0 Å². The highest BCUT2D eigenvalue weighted by atomic mass is 16.3. The second-order valence-corrected chi connectivity index (χ2v) is 11.9. The number of benzene rings is 3. The van der Waals surface area contributed by atoms with Crippen LogP contribution in [0.25, 0.3) is 79.8 Å². The number of rotatable bonds is 4. The van der Waals surface area contributed by atoms with Gasteiger partial charge in [0.25, 0.3) is 5.91 Å². The molecular weight excluding hydrogens is 604 g/mol. The van der Waals surface area contributed by atoms with Gasteiger partial charge in [-0.3, -0.25) is 9.36 Å². The van der Waals surface area contributed by atoms with Crippen molar-refractivity contribution in [3.63, 3.8) is 0 Å². The van der Waals surface area contributed by atoms with Crippen LogP contribution in [-0.2, 0) is 0 Å². The Morgan fingerprint density at radius 2 is 1.10 bits per heavy atom. The Labute approximate surface area is 282 Å². The molecule has 0 radical (unpaired) electrons. The number of carbonyl (C=O) groups excluding carboxylic acids is 1. The van der Waals surface area contributed by atoms with E-state index in [1.54, 1.807) is 16.7 Å². The van der Waals surface area contributed by atoms with E-state index in [4.69, 9.17) is 14.4 Å². The number of H-pyrrole nitrogens is 1. The summed E-state index contributed by atoms with van der Waals surface area (Å²) in [6, 6.07) is 44.2. The molecule has 49 heavy (non-hydrogen) atoms. The number of carbonyl (C=O) groups is 1. The zero-order chi connectivity index (χ0) is 32.7. The highest BCUT2D eigenvalue weighted by molar-refractivity contribution is 6.05. The lowest BCUT2D eigenvalue weighted by Crippen LogP contribution is -2.11. The van der Waals surface area contributed by atoms with Crippen molar-refractivity contribution in [2.75, 3.05) is 0 Å². The minimum Gasteiger partial charge on any atom is -0.459 e. The summed E-state index contributed by atoms with van der Waals surface area (Å²) in [4.78, 5) is 28.4. The summed E-state index contributed by atoms with van der Waals surface area (Å²) >= 11 is 0. The van der Waals surface area contributed by atoms with E-state index < -0.39 is 0 Å². The number of hydrogen-bond acceptors (Lipinski definition) is 4. The third-order valence-electron chi connectivity index (χ3n) is 8.88. The molecule has 0 unspecified atom stereocenters. The third-order valence-corrected chi connectivity index (χ3v) is 8.88. The molecule has 2 aliphatic heterocycles. The molecule has 9 rings (SSSR count). The minimum absolute atomic E-state index is 0.238. The van der Waals surface area contributed by atoms with Crippen LogP contribution in [0.5, 0.6) is 0 Å². The highest BCUT2D eigenvalue weighted by Gasteiger charge is 2.21. The first-order valence-electron chi connectivity index (χ1n) is 16.1. The third kappa shape index (κ3) is 5.03. The minimum atomic E-state index is -0.282. The number of furan rings is 1. The van der Waals surface area contributed by atoms with Gasteiger partial charge in [0.2, 0.25) is 0 Å². The predicted octanol–water partition coefficient (Wildman–Crippen LogP) is 10.4. The first kappa shape index (κ1) is 28.4. The summed E-state index contributed by atoms with van der Waals surface area (Å²) in [5.74, 6) is -0.0443. The van der Waals surface area contributed by atoms with Crippen molar-refractivity contribution in [1.29, 1.82) is 0 Å². The zero-order valence-electron chi connectivity index (χ0n) is 26.2. The molecule has 6 nitrogen and oxygen atoms in total. The molecule has 0 spiro atoms. The molecular formula is C43H28N4O2. The first-order chi connectivity index (χ1) is 24.2. The standard InChI is InChI=1S/C43H28N4O2/c48-43(39-17-10-26-49-39)47-32-19-25-38(47)42(30-15-8-3-9-16-30)37-24-23-36(46-37)41(29-13-6-2-7-14-29)35-22-21-34(45-35)40(28-11-4-1-5-12-28)33-20-18-31(27-32)44-33/h1-27,45H. The summed E-state index contributed by atoms with van der Waals surface area (Å²) in [6.07, 6.45) is 9.63. The zero-order valence-corrected chi connectivity index (χ0v) is 26.2. The maximum Gasteiger partial charge on any atom is 0.298 e. The topological polar surface area (TPSA) is 76.7 Å². The smallest absolute Gasteiger partial charge is 0.298 e. The lowest BCUT2D eigenvalue weighted by molar-refractivity contribution is 0.0942. The maximum absolute atomic E-state index is 14.3. The van der Waals surface area contributed by atoms with Crippen LogP contribution in [0.1, 0.15) is 33.3 Å². The van der Waals surface area contributed by atoms with Gasteiger partial charge in [-0.15, -0.1) is 0 Å². The summed E-state index contributed by atoms with van der Waals surface area (Å²) in [5.41, 5.74) is 12.1. The number of aromatic nitrogens is 4. The van der Waals surface area contributed by atoms with Gasteiger partial charge in [-0.05, 0) is 83.5 Å². The van der Waals surface area contributed by atoms with Gasteiger partial charge in [0.05, 0.1) is 40.1 Å². The molecule has 0 fully saturated rings. The number of hydrogen-bond donors (Lipinski definition) is 1. The second kappa shape index (κ2) is 11.8. The SMILES string of the molecule is O=C(c1ccco1)n1c2ccc1c(-c1ccccc1)c1nc(c(-c3ccccc3)c3ccc([nH]3)c(-c3ccccc3)c3nc(c2)C=C3)C=C1. The fourth-order valence-corrected chi connectivity index (χ4v) is 6.70. The van der Waals surface area contributed by atoms with Gasteiger partial charge >= 0.3 is 0 Å². The van der Waals surface area contributed by atoms with Gasteiger partial charge in [0.15, 0.2) is 5.76 Å². The Hall–Kier alpha value is -6.79. The van der Waals surface area contributed by atoms with Crippen LogP contribution in [0.4, 0.5) is 0 Å². The van der Waals surface area contributed by atoms with Gasteiger partial charge in [-0.2, -0.15) is 0 Å². The number of nitrogens with one attached hydrogen (secondary N) is 1.